The van der Waals surface area contributed by atoms with E-state index in [1.807, 2.05) is 30.3 Å². The van der Waals surface area contributed by atoms with E-state index < -0.39 is 17.6 Å². The van der Waals surface area contributed by atoms with Gasteiger partial charge in [-0.05, 0) is 32.3 Å². The van der Waals surface area contributed by atoms with Gasteiger partial charge in [0.1, 0.15) is 0 Å². The standard InChI is InChI=1S/C15H22N2O3/c1-15(2,10-13(18)19)17-14(20)12(16)9-8-11-6-4-3-5-7-11/h3-7,12H,8-10,16H2,1-2H3,(H,17,20)(H,18,19). The fourth-order valence-electron chi connectivity index (χ4n) is 1.95. The summed E-state index contributed by atoms with van der Waals surface area (Å²) in [5.41, 5.74) is 6.17. The molecule has 0 fully saturated rings. The molecule has 0 spiro atoms. The number of nitrogens with two attached hydrogens (primary N) is 1. The van der Waals surface area contributed by atoms with Crippen LogP contribution in [0.25, 0.3) is 0 Å². The molecule has 0 radical (unpaired) electrons. The lowest BCUT2D eigenvalue weighted by atomic mass is 9.99. The molecule has 1 atom stereocenters. The largest absolute Gasteiger partial charge is 0.481 e. The molecule has 4 N–H and O–H groups in total. The number of benzene rings is 1. The van der Waals surface area contributed by atoms with Crippen molar-refractivity contribution in [1.82, 2.24) is 5.32 Å². The molecule has 1 aromatic carbocycles. The molecule has 1 amide bonds. The monoisotopic (exact) mass is 278 g/mol. The number of carbonyl (C=O) groups is 2. The maximum absolute atomic E-state index is 11.9. The molecule has 0 heterocycles. The van der Waals surface area contributed by atoms with Crippen LogP contribution < -0.4 is 11.1 Å². The fourth-order valence-corrected chi connectivity index (χ4v) is 1.95. The van der Waals surface area contributed by atoms with Gasteiger partial charge >= 0.3 is 5.97 Å². The highest BCUT2D eigenvalue weighted by molar-refractivity contribution is 5.83. The molecular formula is C15H22N2O3. The van der Waals surface area contributed by atoms with Gasteiger partial charge < -0.3 is 16.2 Å². The van der Waals surface area contributed by atoms with Gasteiger partial charge in [-0.15, -0.1) is 0 Å². The second-order valence-corrected chi connectivity index (χ2v) is 5.57. The molecule has 0 aliphatic heterocycles. The number of hydrogen-bond donors (Lipinski definition) is 3. The Bertz CT molecular complexity index is 457. The Morgan fingerprint density at radius 3 is 2.45 bits per heavy atom. The molecule has 110 valence electrons. The first-order valence-corrected chi connectivity index (χ1v) is 6.63. The minimum Gasteiger partial charge on any atom is -0.481 e. The highest BCUT2D eigenvalue weighted by atomic mass is 16.4. The van der Waals surface area contributed by atoms with Gasteiger partial charge in [-0.25, -0.2) is 0 Å². The molecule has 1 rings (SSSR count). The van der Waals surface area contributed by atoms with Crippen molar-refractivity contribution in [3.63, 3.8) is 0 Å². The van der Waals surface area contributed by atoms with E-state index in [4.69, 9.17) is 10.8 Å². The number of aliphatic carboxylic acids is 1. The van der Waals surface area contributed by atoms with E-state index >= 15 is 0 Å². The van der Waals surface area contributed by atoms with Crippen LogP contribution in [-0.2, 0) is 16.0 Å². The van der Waals surface area contributed by atoms with Gasteiger partial charge in [0, 0.05) is 5.54 Å². The van der Waals surface area contributed by atoms with Crippen LogP contribution in [0.1, 0.15) is 32.3 Å². The number of amides is 1. The van der Waals surface area contributed by atoms with Crippen LogP contribution in [-0.4, -0.2) is 28.6 Å². The summed E-state index contributed by atoms with van der Waals surface area (Å²) < 4.78 is 0. The maximum atomic E-state index is 11.9. The van der Waals surface area contributed by atoms with E-state index in [1.165, 1.54) is 0 Å². The van der Waals surface area contributed by atoms with Gasteiger partial charge in [0.15, 0.2) is 0 Å². The van der Waals surface area contributed by atoms with Crippen LogP contribution in [0.3, 0.4) is 0 Å². The average Bonchev–Trinajstić information content (AvgIpc) is 2.34. The Balaban J connectivity index is 2.45. The van der Waals surface area contributed by atoms with Crippen LogP contribution in [0.2, 0.25) is 0 Å². The summed E-state index contributed by atoms with van der Waals surface area (Å²) in [4.78, 5) is 22.6. The van der Waals surface area contributed by atoms with Crippen molar-refractivity contribution in [2.45, 2.75) is 44.7 Å². The Morgan fingerprint density at radius 2 is 1.90 bits per heavy atom. The third-order valence-corrected chi connectivity index (χ3v) is 2.98. The van der Waals surface area contributed by atoms with E-state index in [0.717, 1.165) is 12.0 Å². The molecule has 0 saturated heterocycles. The second-order valence-electron chi connectivity index (χ2n) is 5.57. The molecular weight excluding hydrogens is 256 g/mol. The first kappa shape index (κ1) is 16.2. The normalized spacial score (nSPS) is 12.8. The number of hydrogen-bond acceptors (Lipinski definition) is 3. The summed E-state index contributed by atoms with van der Waals surface area (Å²) >= 11 is 0. The molecule has 0 aliphatic carbocycles. The van der Waals surface area contributed by atoms with Crippen LogP contribution in [0.5, 0.6) is 0 Å². The molecule has 0 aliphatic rings. The third kappa shape index (κ3) is 5.84. The predicted octanol–water partition coefficient (Wildman–Crippen LogP) is 1.32. The summed E-state index contributed by atoms with van der Waals surface area (Å²) in [5, 5.41) is 11.4. The van der Waals surface area contributed by atoms with Crippen molar-refractivity contribution in [3.05, 3.63) is 35.9 Å². The van der Waals surface area contributed by atoms with Gasteiger partial charge in [0.2, 0.25) is 5.91 Å². The van der Waals surface area contributed by atoms with E-state index in [0.29, 0.717) is 6.42 Å². The quantitative estimate of drug-likeness (QED) is 0.701. The number of carbonyl (C=O) groups excluding carboxylic acids is 1. The maximum Gasteiger partial charge on any atom is 0.305 e. The Labute approximate surface area is 119 Å². The van der Waals surface area contributed by atoms with Gasteiger partial charge in [-0.3, -0.25) is 9.59 Å². The predicted molar refractivity (Wildman–Crippen MR) is 77.2 cm³/mol. The summed E-state index contributed by atoms with van der Waals surface area (Å²) in [6.07, 6.45) is 1.11. The van der Waals surface area contributed by atoms with Crippen molar-refractivity contribution < 1.29 is 14.7 Å². The number of carboxylic acids is 1. The molecule has 0 bridgehead atoms. The van der Waals surface area contributed by atoms with E-state index in [9.17, 15) is 9.59 Å². The molecule has 1 aromatic rings. The minimum atomic E-state index is -0.951. The van der Waals surface area contributed by atoms with Gasteiger partial charge in [0.25, 0.3) is 0 Å². The summed E-state index contributed by atoms with van der Waals surface area (Å²) in [7, 11) is 0. The molecule has 20 heavy (non-hydrogen) atoms. The third-order valence-electron chi connectivity index (χ3n) is 2.98. The van der Waals surface area contributed by atoms with Gasteiger partial charge in [-0.1, -0.05) is 30.3 Å². The first-order valence-electron chi connectivity index (χ1n) is 6.63. The molecule has 1 unspecified atom stereocenters. The Morgan fingerprint density at radius 1 is 1.30 bits per heavy atom. The van der Waals surface area contributed by atoms with Crippen LogP contribution in [0.4, 0.5) is 0 Å². The van der Waals surface area contributed by atoms with Crippen LogP contribution in [0.15, 0.2) is 30.3 Å². The molecule has 5 nitrogen and oxygen atoms in total. The fraction of sp³-hybridized carbons (Fsp3) is 0.467. The number of nitrogens with one attached hydrogen (secondary N) is 1. The lowest BCUT2D eigenvalue weighted by Crippen LogP contribution is -2.51. The lowest BCUT2D eigenvalue weighted by Gasteiger charge is -2.26. The van der Waals surface area contributed by atoms with Crippen molar-refractivity contribution in [3.8, 4) is 0 Å². The van der Waals surface area contributed by atoms with Crippen molar-refractivity contribution in [2.24, 2.45) is 5.73 Å². The topological polar surface area (TPSA) is 92.4 Å². The van der Waals surface area contributed by atoms with Gasteiger partial charge in [-0.2, -0.15) is 0 Å². The van der Waals surface area contributed by atoms with E-state index in [1.54, 1.807) is 13.8 Å². The summed E-state index contributed by atoms with van der Waals surface area (Å²) in [6.45, 7) is 3.34. The number of rotatable bonds is 7. The van der Waals surface area contributed by atoms with Crippen molar-refractivity contribution >= 4 is 11.9 Å². The SMILES string of the molecule is CC(C)(CC(=O)O)NC(=O)C(N)CCc1ccccc1. The first-order chi connectivity index (χ1) is 9.30. The zero-order valence-electron chi connectivity index (χ0n) is 11.9. The molecule has 5 heteroatoms. The van der Waals surface area contributed by atoms with Crippen molar-refractivity contribution in [1.29, 1.82) is 0 Å². The van der Waals surface area contributed by atoms with E-state index in [2.05, 4.69) is 5.32 Å². The Hall–Kier alpha value is -1.88. The number of aryl methyl sites for hydroxylation is 1. The zero-order valence-corrected chi connectivity index (χ0v) is 11.9. The average molecular weight is 278 g/mol. The van der Waals surface area contributed by atoms with Crippen LogP contribution >= 0.6 is 0 Å². The van der Waals surface area contributed by atoms with Crippen LogP contribution in [0, 0.1) is 0 Å². The van der Waals surface area contributed by atoms with Gasteiger partial charge in [0.05, 0.1) is 12.5 Å². The smallest absolute Gasteiger partial charge is 0.305 e. The van der Waals surface area contributed by atoms with Crippen molar-refractivity contribution in [2.75, 3.05) is 0 Å². The summed E-state index contributed by atoms with van der Waals surface area (Å²) in [5.74, 6) is -1.26. The summed E-state index contributed by atoms with van der Waals surface area (Å²) in [6, 6.07) is 9.15. The highest BCUT2D eigenvalue weighted by Crippen LogP contribution is 2.10. The Kier molecular flexibility index (Phi) is 5.70. The number of carboxylic acid groups (broad SMARTS) is 1. The van der Waals surface area contributed by atoms with E-state index in [-0.39, 0.29) is 12.3 Å². The lowest BCUT2D eigenvalue weighted by molar-refractivity contribution is -0.138. The zero-order chi connectivity index (χ0) is 15.2. The minimum absolute atomic E-state index is 0.135. The molecule has 0 saturated carbocycles. The second kappa shape index (κ2) is 7.05. The highest BCUT2D eigenvalue weighted by Gasteiger charge is 2.26. The molecule has 0 aromatic heterocycles.